The van der Waals surface area contributed by atoms with Gasteiger partial charge in [0.15, 0.2) is 0 Å². The van der Waals surface area contributed by atoms with Crippen LogP contribution in [0.25, 0.3) is 0 Å². The van der Waals surface area contributed by atoms with Crippen LogP contribution in [0, 0.1) is 6.92 Å². The molecule has 0 fully saturated rings. The van der Waals surface area contributed by atoms with E-state index in [1.54, 1.807) is 0 Å². The Labute approximate surface area is 86.2 Å². The van der Waals surface area contributed by atoms with Gasteiger partial charge in [-0.1, -0.05) is 15.9 Å². The van der Waals surface area contributed by atoms with Crippen LogP contribution in [0.4, 0.5) is 5.69 Å². The second kappa shape index (κ2) is 4.73. The molecule has 1 aromatic carbocycles. The van der Waals surface area contributed by atoms with Gasteiger partial charge in [0, 0.05) is 22.6 Å². The third kappa shape index (κ3) is 2.68. The van der Waals surface area contributed by atoms with Gasteiger partial charge in [0.05, 0.1) is 0 Å². The maximum Gasteiger partial charge on any atom is 0.0396 e. The number of hydrogen-bond donors (Lipinski definition) is 1. The van der Waals surface area contributed by atoms with E-state index in [1.165, 1.54) is 5.56 Å². The predicted molar refractivity (Wildman–Crippen MR) is 58.1 cm³/mol. The molecule has 0 saturated heterocycles. The highest BCUT2D eigenvalue weighted by Gasteiger charge is 1.95. The van der Waals surface area contributed by atoms with Crippen LogP contribution >= 0.6 is 27.5 Å². The summed E-state index contributed by atoms with van der Waals surface area (Å²) in [5.41, 5.74) is 2.35. The summed E-state index contributed by atoms with van der Waals surface area (Å²) in [7, 11) is 0. The lowest BCUT2D eigenvalue weighted by atomic mass is 10.2. The van der Waals surface area contributed by atoms with E-state index in [9.17, 15) is 0 Å². The number of nitrogens with one attached hydrogen (secondary N) is 1. The zero-order valence-corrected chi connectivity index (χ0v) is 9.24. The Morgan fingerprint density at radius 1 is 1.50 bits per heavy atom. The smallest absolute Gasteiger partial charge is 0.0396 e. The molecule has 12 heavy (non-hydrogen) atoms. The number of hydrogen-bond acceptors (Lipinski definition) is 1. The van der Waals surface area contributed by atoms with Crippen LogP contribution in [0.15, 0.2) is 22.7 Å². The minimum atomic E-state index is 0.634. The zero-order chi connectivity index (χ0) is 8.97. The molecule has 0 aliphatic heterocycles. The molecule has 1 N–H and O–H groups in total. The fourth-order valence-electron chi connectivity index (χ4n) is 0.946. The van der Waals surface area contributed by atoms with Crippen molar-refractivity contribution >= 4 is 33.2 Å². The maximum absolute atomic E-state index is 5.55. The number of halogens is 2. The number of anilines is 1. The highest BCUT2D eigenvalue weighted by atomic mass is 79.9. The molecule has 0 atom stereocenters. The fraction of sp³-hybridized carbons (Fsp3) is 0.333. The van der Waals surface area contributed by atoms with E-state index in [4.69, 9.17) is 11.6 Å². The molecule has 0 unspecified atom stereocenters. The standard InChI is InChI=1S/C9H11BrClN/c1-7-6-8(12-5-4-11)2-3-9(7)10/h2-3,6,12H,4-5H2,1H3. The van der Waals surface area contributed by atoms with Gasteiger partial charge in [-0.3, -0.25) is 0 Å². The summed E-state index contributed by atoms with van der Waals surface area (Å²) in [6.45, 7) is 2.87. The van der Waals surface area contributed by atoms with Gasteiger partial charge < -0.3 is 5.32 Å². The summed E-state index contributed by atoms with van der Waals surface area (Å²) in [5, 5.41) is 3.21. The second-order valence-corrected chi connectivity index (χ2v) is 3.81. The zero-order valence-electron chi connectivity index (χ0n) is 6.90. The monoisotopic (exact) mass is 247 g/mol. The molecule has 0 amide bonds. The van der Waals surface area contributed by atoms with Crippen LogP contribution in [0.3, 0.4) is 0 Å². The normalized spacial score (nSPS) is 9.92. The van der Waals surface area contributed by atoms with Crippen molar-refractivity contribution in [1.82, 2.24) is 0 Å². The van der Waals surface area contributed by atoms with Gasteiger partial charge in [-0.2, -0.15) is 0 Å². The number of rotatable bonds is 3. The molecule has 0 heterocycles. The second-order valence-electron chi connectivity index (χ2n) is 2.58. The van der Waals surface area contributed by atoms with Gasteiger partial charge in [0.25, 0.3) is 0 Å². The van der Waals surface area contributed by atoms with Crippen LogP contribution in [0.2, 0.25) is 0 Å². The van der Waals surface area contributed by atoms with Crippen molar-refractivity contribution in [2.24, 2.45) is 0 Å². The summed E-state index contributed by atoms with van der Waals surface area (Å²) in [6.07, 6.45) is 0. The molecule has 0 bridgehead atoms. The summed E-state index contributed by atoms with van der Waals surface area (Å²) in [4.78, 5) is 0. The third-order valence-electron chi connectivity index (χ3n) is 1.58. The van der Waals surface area contributed by atoms with E-state index >= 15 is 0 Å². The van der Waals surface area contributed by atoms with Gasteiger partial charge in [-0.15, -0.1) is 11.6 Å². The molecule has 0 spiro atoms. The molecule has 3 heteroatoms. The van der Waals surface area contributed by atoms with E-state index in [2.05, 4.69) is 34.2 Å². The van der Waals surface area contributed by atoms with E-state index in [-0.39, 0.29) is 0 Å². The van der Waals surface area contributed by atoms with E-state index in [0.29, 0.717) is 5.88 Å². The van der Waals surface area contributed by atoms with Crippen molar-refractivity contribution in [2.45, 2.75) is 6.92 Å². The third-order valence-corrected chi connectivity index (χ3v) is 2.66. The van der Waals surface area contributed by atoms with E-state index in [0.717, 1.165) is 16.7 Å². The molecular formula is C9H11BrClN. The maximum atomic E-state index is 5.55. The predicted octanol–water partition coefficient (Wildman–Crippen LogP) is 3.41. The molecule has 0 aliphatic rings. The fourth-order valence-corrected chi connectivity index (χ4v) is 1.29. The Bertz CT molecular complexity index is 263. The van der Waals surface area contributed by atoms with Gasteiger partial charge >= 0.3 is 0 Å². The van der Waals surface area contributed by atoms with Crippen molar-refractivity contribution in [3.8, 4) is 0 Å². The van der Waals surface area contributed by atoms with Gasteiger partial charge in [0.2, 0.25) is 0 Å². The quantitative estimate of drug-likeness (QED) is 0.809. The number of alkyl halides is 1. The lowest BCUT2D eigenvalue weighted by Gasteiger charge is -2.05. The topological polar surface area (TPSA) is 12.0 Å². The summed E-state index contributed by atoms with van der Waals surface area (Å²) < 4.78 is 1.14. The van der Waals surface area contributed by atoms with Crippen LogP contribution in [-0.4, -0.2) is 12.4 Å². The molecule has 1 nitrogen and oxygen atoms in total. The Morgan fingerprint density at radius 2 is 2.25 bits per heavy atom. The summed E-state index contributed by atoms with van der Waals surface area (Å²) >= 11 is 8.99. The Kier molecular flexibility index (Phi) is 3.89. The lowest BCUT2D eigenvalue weighted by Crippen LogP contribution is -2.02. The van der Waals surface area contributed by atoms with Gasteiger partial charge in [-0.05, 0) is 30.7 Å². The molecular weight excluding hydrogens is 237 g/mol. The molecule has 0 aliphatic carbocycles. The molecule has 66 valence electrons. The van der Waals surface area contributed by atoms with Crippen molar-refractivity contribution in [1.29, 1.82) is 0 Å². The summed E-state index contributed by atoms with van der Waals surface area (Å²) in [6, 6.07) is 6.16. The SMILES string of the molecule is Cc1cc(NCCCl)ccc1Br. The Morgan fingerprint density at radius 3 is 2.83 bits per heavy atom. The molecule has 0 saturated carbocycles. The van der Waals surface area contributed by atoms with Crippen molar-refractivity contribution in [3.63, 3.8) is 0 Å². The van der Waals surface area contributed by atoms with E-state index in [1.807, 2.05) is 12.1 Å². The van der Waals surface area contributed by atoms with Gasteiger partial charge in [-0.25, -0.2) is 0 Å². The molecule has 1 aromatic rings. The average molecular weight is 249 g/mol. The van der Waals surface area contributed by atoms with Crippen LogP contribution in [0.1, 0.15) is 5.56 Å². The first kappa shape index (κ1) is 9.87. The van der Waals surface area contributed by atoms with Crippen molar-refractivity contribution in [2.75, 3.05) is 17.7 Å². The first-order valence-electron chi connectivity index (χ1n) is 3.80. The molecule has 0 radical (unpaired) electrons. The number of aryl methyl sites for hydroxylation is 1. The minimum absolute atomic E-state index is 0.634. The van der Waals surface area contributed by atoms with E-state index < -0.39 is 0 Å². The molecule has 0 aromatic heterocycles. The van der Waals surface area contributed by atoms with Crippen LogP contribution in [-0.2, 0) is 0 Å². The van der Waals surface area contributed by atoms with Crippen molar-refractivity contribution in [3.05, 3.63) is 28.2 Å². The number of benzene rings is 1. The minimum Gasteiger partial charge on any atom is -0.384 e. The van der Waals surface area contributed by atoms with Crippen LogP contribution in [0.5, 0.6) is 0 Å². The van der Waals surface area contributed by atoms with Crippen molar-refractivity contribution < 1.29 is 0 Å². The molecule has 1 rings (SSSR count). The van der Waals surface area contributed by atoms with Gasteiger partial charge in [0.1, 0.15) is 0 Å². The van der Waals surface area contributed by atoms with Crippen LogP contribution < -0.4 is 5.32 Å². The lowest BCUT2D eigenvalue weighted by molar-refractivity contribution is 1.21. The first-order valence-corrected chi connectivity index (χ1v) is 5.13. The Hall–Kier alpha value is -0.210. The first-order chi connectivity index (χ1) is 5.74. The summed E-state index contributed by atoms with van der Waals surface area (Å²) in [5.74, 6) is 0.634. The largest absolute Gasteiger partial charge is 0.384 e. The average Bonchev–Trinajstić information content (AvgIpc) is 2.07. The Balaban J connectivity index is 2.69. The highest BCUT2D eigenvalue weighted by Crippen LogP contribution is 2.19. The highest BCUT2D eigenvalue weighted by molar-refractivity contribution is 9.10.